The summed E-state index contributed by atoms with van der Waals surface area (Å²) in [6.45, 7) is 4.32. The van der Waals surface area contributed by atoms with Crippen LogP contribution in [0.4, 0.5) is 0 Å². The third kappa shape index (κ3) is 5.15. The maximum atomic E-state index is 12.3. The zero-order valence-corrected chi connectivity index (χ0v) is 16.0. The molecule has 0 aliphatic rings. The van der Waals surface area contributed by atoms with E-state index in [0.29, 0.717) is 6.61 Å². The van der Waals surface area contributed by atoms with Crippen LogP contribution in [0.25, 0.3) is 0 Å². The van der Waals surface area contributed by atoms with Gasteiger partial charge in [0.1, 0.15) is 0 Å². The predicted octanol–water partition coefficient (Wildman–Crippen LogP) is 1.84. The van der Waals surface area contributed by atoms with E-state index in [0.717, 1.165) is 8.94 Å². The van der Waals surface area contributed by atoms with Crippen molar-refractivity contribution >= 4 is 44.8 Å². The Morgan fingerprint density at radius 1 is 0.909 bits per heavy atom. The number of ether oxygens (including phenoxy) is 1. The van der Waals surface area contributed by atoms with E-state index in [4.69, 9.17) is 4.74 Å². The van der Waals surface area contributed by atoms with Gasteiger partial charge in [0, 0.05) is 0 Å². The van der Waals surface area contributed by atoms with Crippen molar-refractivity contribution in [2.75, 3.05) is 6.61 Å². The molecule has 0 N–H and O–H groups in total. The molecule has 2 nitrogen and oxygen atoms in total. The molecular weight excluding hydrogens is 406 g/mol. The fourth-order valence-corrected chi connectivity index (χ4v) is 6.12. The molecule has 0 saturated heterocycles. The Kier molecular flexibility index (Phi) is 6.95. The SMILES string of the molecule is CCOC(=O)/C([Se]c1ccccc1)=C(/C)[Se]c1ccccc1. The third-order valence-corrected chi connectivity index (χ3v) is 8.04. The van der Waals surface area contributed by atoms with E-state index in [1.165, 1.54) is 8.92 Å². The molecule has 0 radical (unpaired) electrons. The second kappa shape index (κ2) is 8.97. The van der Waals surface area contributed by atoms with Crippen molar-refractivity contribution < 1.29 is 9.53 Å². The van der Waals surface area contributed by atoms with Gasteiger partial charge in [-0.3, -0.25) is 0 Å². The Balaban J connectivity index is 2.25. The van der Waals surface area contributed by atoms with Crippen LogP contribution in [0.5, 0.6) is 0 Å². The number of rotatable bonds is 6. The molecule has 2 aromatic rings. The van der Waals surface area contributed by atoms with Crippen LogP contribution in [0.2, 0.25) is 0 Å². The van der Waals surface area contributed by atoms with Gasteiger partial charge in [-0.2, -0.15) is 0 Å². The second-order valence-electron chi connectivity index (χ2n) is 4.44. The fourth-order valence-electron chi connectivity index (χ4n) is 1.77. The first-order valence-electron chi connectivity index (χ1n) is 7.04. The van der Waals surface area contributed by atoms with Crippen LogP contribution in [0.3, 0.4) is 0 Å². The predicted molar refractivity (Wildman–Crippen MR) is 93.0 cm³/mol. The van der Waals surface area contributed by atoms with E-state index in [-0.39, 0.29) is 35.9 Å². The van der Waals surface area contributed by atoms with E-state index in [1.807, 2.05) is 43.3 Å². The molecule has 2 rings (SSSR count). The van der Waals surface area contributed by atoms with E-state index < -0.39 is 0 Å². The number of carbonyl (C=O) groups is 1. The summed E-state index contributed by atoms with van der Waals surface area (Å²) in [5.74, 6) is -0.165. The van der Waals surface area contributed by atoms with Crippen molar-refractivity contribution in [2.24, 2.45) is 0 Å². The van der Waals surface area contributed by atoms with Crippen LogP contribution in [-0.4, -0.2) is 42.5 Å². The topological polar surface area (TPSA) is 26.3 Å². The Bertz CT molecular complexity index is 637. The summed E-state index contributed by atoms with van der Waals surface area (Å²) >= 11 is 0.133. The third-order valence-electron chi connectivity index (χ3n) is 2.76. The van der Waals surface area contributed by atoms with E-state index >= 15 is 0 Å². The number of benzene rings is 2. The molecule has 0 amide bonds. The van der Waals surface area contributed by atoms with Crippen LogP contribution in [0.15, 0.2) is 69.6 Å². The van der Waals surface area contributed by atoms with Crippen molar-refractivity contribution in [3.8, 4) is 0 Å². The minimum absolute atomic E-state index is 0.0197. The van der Waals surface area contributed by atoms with Gasteiger partial charge in [0.05, 0.1) is 0 Å². The molecule has 0 aromatic heterocycles. The molecule has 0 heterocycles. The molecule has 0 spiro atoms. The first-order valence-corrected chi connectivity index (χ1v) is 10.5. The molecule has 0 saturated carbocycles. The van der Waals surface area contributed by atoms with Crippen LogP contribution in [0, 0.1) is 0 Å². The van der Waals surface area contributed by atoms with E-state index in [1.54, 1.807) is 0 Å². The van der Waals surface area contributed by atoms with Gasteiger partial charge in [-0.25, -0.2) is 0 Å². The Labute approximate surface area is 144 Å². The number of hydrogen-bond donors (Lipinski definition) is 0. The number of carbonyl (C=O) groups excluding carboxylic acids is 1. The zero-order chi connectivity index (χ0) is 15.8. The summed E-state index contributed by atoms with van der Waals surface area (Å²) in [5.41, 5.74) is 0. The molecule has 0 aliphatic heterocycles. The monoisotopic (exact) mass is 426 g/mol. The quantitative estimate of drug-likeness (QED) is 0.402. The molecule has 0 atom stereocenters. The molecular formula is C18H18O2Se2. The second-order valence-corrected chi connectivity index (χ2v) is 9.41. The maximum absolute atomic E-state index is 12.3. The normalized spacial score (nSPS) is 11.7. The number of hydrogen-bond acceptors (Lipinski definition) is 2. The van der Waals surface area contributed by atoms with Gasteiger partial charge < -0.3 is 0 Å². The van der Waals surface area contributed by atoms with Gasteiger partial charge >= 0.3 is 144 Å². The summed E-state index contributed by atoms with van der Waals surface area (Å²) in [6, 6.07) is 20.5. The molecule has 0 aliphatic carbocycles. The van der Waals surface area contributed by atoms with Gasteiger partial charge in [-0.15, -0.1) is 0 Å². The zero-order valence-electron chi connectivity index (χ0n) is 12.6. The van der Waals surface area contributed by atoms with E-state index in [9.17, 15) is 4.79 Å². The molecule has 0 fully saturated rings. The van der Waals surface area contributed by atoms with Gasteiger partial charge in [-0.1, -0.05) is 0 Å². The van der Waals surface area contributed by atoms with Gasteiger partial charge in [0.25, 0.3) is 0 Å². The first kappa shape index (κ1) is 17.0. The van der Waals surface area contributed by atoms with Crippen LogP contribution in [0.1, 0.15) is 13.8 Å². The summed E-state index contributed by atoms with van der Waals surface area (Å²) < 4.78 is 9.74. The minimum atomic E-state index is -0.165. The fraction of sp³-hybridized carbons (Fsp3) is 0.167. The molecule has 22 heavy (non-hydrogen) atoms. The van der Waals surface area contributed by atoms with Crippen LogP contribution >= 0.6 is 0 Å². The van der Waals surface area contributed by atoms with Crippen molar-refractivity contribution in [3.05, 3.63) is 69.6 Å². The average Bonchev–Trinajstić information content (AvgIpc) is 2.54. The Hall–Kier alpha value is -1.31. The van der Waals surface area contributed by atoms with Crippen molar-refractivity contribution in [1.29, 1.82) is 0 Å². The summed E-state index contributed by atoms with van der Waals surface area (Å²) in [6.07, 6.45) is 0. The summed E-state index contributed by atoms with van der Waals surface area (Å²) in [4.78, 5) is 12.3. The van der Waals surface area contributed by atoms with Crippen LogP contribution in [-0.2, 0) is 9.53 Å². The Morgan fingerprint density at radius 2 is 1.41 bits per heavy atom. The van der Waals surface area contributed by atoms with E-state index in [2.05, 4.69) is 31.2 Å². The molecule has 2 aromatic carbocycles. The Morgan fingerprint density at radius 3 is 1.91 bits per heavy atom. The van der Waals surface area contributed by atoms with Gasteiger partial charge in [-0.05, 0) is 0 Å². The van der Waals surface area contributed by atoms with Gasteiger partial charge in [0.15, 0.2) is 0 Å². The summed E-state index contributed by atoms with van der Waals surface area (Å²) in [7, 11) is 0. The molecule has 114 valence electrons. The standard InChI is InChI=1S/C18H18O2Se2/c1-3-20-18(19)17(22-16-12-8-5-9-13-16)14(2)21-15-10-6-4-7-11-15/h4-13H,3H2,1-2H3/b17-14+. The summed E-state index contributed by atoms with van der Waals surface area (Å²) in [5, 5.41) is 0. The average molecular weight is 424 g/mol. The van der Waals surface area contributed by atoms with Crippen molar-refractivity contribution in [3.63, 3.8) is 0 Å². The first-order chi connectivity index (χ1) is 10.7. The number of esters is 1. The molecule has 0 unspecified atom stereocenters. The number of allylic oxidation sites excluding steroid dienone is 1. The van der Waals surface area contributed by atoms with Gasteiger partial charge in [0.2, 0.25) is 0 Å². The van der Waals surface area contributed by atoms with Crippen LogP contribution < -0.4 is 8.92 Å². The molecule has 0 bridgehead atoms. The molecule has 4 heteroatoms. The van der Waals surface area contributed by atoms with Crippen molar-refractivity contribution in [1.82, 2.24) is 0 Å². The van der Waals surface area contributed by atoms with Crippen molar-refractivity contribution in [2.45, 2.75) is 13.8 Å².